The molecular weight excluding hydrogens is 256 g/mol. The van der Waals surface area contributed by atoms with Crippen molar-refractivity contribution in [2.45, 2.75) is 0 Å². The van der Waals surface area contributed by atoms with Crippen LogP contribution in [0.4, 0.5) is 5.69 Å². The number of hydrogen-bond acceptors (Lipinski definition) is 2. The minimum atomic E-state index is -0.256. The van der Waals surface area contributed by atoms with Crippen LogP contribution in [0.1, 0.15) is 0 Å². The van der Waals surface area contributed by atoms with E-state index in [2.05, 4.69) is 20.9 Å². The molecule has 0 atom stereocenters. The van der Waals surface area contributed by atoms with E-state index >= 15 is 0 Å². The second kappa shape index (κ2) is 3.90. The first kappa shape index (κ1) is 9.98. The SMILES string of the molecule is Nc1cc(-c2cccc(Br)c2)c[nH]c1=O. The maximum Gasteiger partial charge on any atom is 0.271 e. The average Bonchev–Trinajstić information content (AvgIpc) is 2.22. The molecule has 0 aliphatic carbocycles. The number of aromatic amines is 1. The van der Waals surface area contributed by atoms with Crippen molar-refractivity contribution in [2.75, 3.05) is 5.73 Å². The van der Waals surface area contributed by atoms with Crippen molar-refractivity contribution in [3.63, 3.8) is 0 Å². The summed E-state index contributed by atoms with van der Waals surface area (Å²) in [6.45, 7) is 0. The summed E-state index contributed by atoms with van der Waals surface area (Å²) in [7, 11) is 0. The van der Waals surface area contributed by atoms with Gasteiger partial charge in [0.1, 0.15) is 0 Å². The van der Waals surface area contributed by atoms with Gasteiger partial charge in [-0.05, 0) is 23.8 Å². The molecule has 0 bridgehead atoms. The van der Waals surface area contributed by atoms with E-state index in [-0.39, 0.29) is 11.2 Å². The third-order valence-electron chi connectivity index (χ3n) is 2.09. The van der Waals surface area contributed by atoms with Crippen molar-refractivity contribution in [1.82, 2.24) is 4.98 Å². The summed E-state index contributed by atoms with van der Waals surface area (Å²) in [5, 5.41) is 0. The highest BCUT2D eigenvalue weighted by Crippen LogP contribution is 2.22. The molecular formula is C11H9BrN2O. The van der Waals surface area contributed by atoms with E-state index in [1.807, 2.05) is 24.3 Å². The van der Waals surface area contributed by atoms with Crippen LogP contribution in [0.5, 0.6) is 0 Å². The zero-order valence-electron chi connectivity index (χ0n) is 7.83. The van der Waals surface area contributed by atoms with Crippen molar-refractivity contribution < 1.29 is 0 Å². The zero-order valence-corrected chi connectivity index (χ0v) is 9.41. The van der Waals surface area contributed by atoms with Crippen LogP contribution in [-0.4, -0.2) is 4.98 Å². The summed E-state index contributed by atoms with van der Waals surface area (Å²) in [5.41, 5.74) is 7.42. The lowest BCUT2D eigenvalue weighted by atomic mass is 10.1. The molecule has 0 unspecified atom stereocenters. The molecule has 0 aliphatic heterocycles. The molecule has 3 nitrogen and oxygen atoms in total. The molecule has 2 rings (SSSR count). The summed E-state index contributed by atoms with van der Waals surface area (Å²) < 4.78 is 0.991. The van der Waals surface area contributed by atoms with Crippen molar-refractivity contribution in [3.8, 4) is 11.1 Å². The number of rotatable bonds is 1. The summed E-state index contributed by atoms with van der Waals surface area (Å²) in [5.74, 6) is 0. The van der Waals surface area contributed by atoms with Crippen molar-refractivity contribution >= 4 is 21.6 Å². The smallest absolute Gasteiger partial charge is 0.271 e. The molecule has 0 radical (unpaired) electrons. The molecule has 3 N–H and O–H groups in total. The van der Waals surface area contributed by atoms with Gasteiger partial charge in [-0.2, -0.15) is 0 Å². The molecule has 0 amide bonds. The Kier molecular flexibility index (Phi) is 2.60. The fourth-order valence-corrected chi connectivity index (χ4v) is 1.74. The summed E-state index contributed by atoms with van der Waals surface area (Å²) in [6, 6.07) is 9.46. The van der Waals surface area contributed by atoms with Crippen molar-refractivity contribution in [3.05, 3.63) is 51.4 Å². The van der Waals surface area contributed by atoms with Crippen LogP contribution in [0.15, 0.2) is 45.8 Å². The van der Waals surface area contributed by atoms with Gasteiger partial charge < -0.3 is 10.7 Å². The molecule has 1 aromatic heterocycles. The average molecular weight is 265 g/mol. The highest BCUT2D eigenvalue weighted by molar-refractivity contribution is 9.10. The van der Waals surface area contributed by atoms with Gasteiger partial charge in [-0.15, -0.1) is 0 Å². The Balaban J connectivity index is 2.55. The molecule has 0 aliphatic rings. The van der Waals surface area contributed by atoms with E-state index in [4.69, 9.17) is 5.73 Å². The molecule has 15 heavy (non-hydrogen) atoms. The second-order valence-electron chi connectivity index (χ2n) is 3.18. The van der Waals surface area contributed by atoms with Gasteiger partial charge in [0.2, 0.25) is 0 Å². The number of pyridine rings is 1. The third kappa shape index (κ3) is 2.10. The number of anilines is 1. The van der Waals surface area contributed by atoms with Gasteiger partial charge in [0, 0.05) is 16.2 Å². The van der Waals surface area contributed by atoms with Crippen molar-refractivity contribution in [2.24, 2.45) is 0 Å². The molecule has 4 heteroatoms. The predicted octanol–water partition coefficient (Wildman–Crippen LogP) is 2.39. The minimum Gasteiger partial charge on any atom is -0.394 e. The fraction of sp³-hybridized carbons (Fsp3) is 0. The van der Waals surface area contributed by atoms with E-state index in [0.717, 1.165) is 15.6 Å². The van der Waals surface area contributed by atoms with Crippen LogP contribution in [0.2, 0.25) is 0 Å². The monoisotopic (exact) mass is 264 g/mol. The quantitative estimate of drug-likeness (QED) is 0.831. The topological polar surface area (TPSA) is 58.9 Å². The Bertz CT molecular complexity index is 548. The van der Waals surface area contributed by atoms with E-state index in [9.17, 15) is 4.79 Å². The zero-order chi connectivity index (χ0) is 10.8. The number of nitrogen functional groups attached to an aromatic ring is 1. The predicted molar refractivity (Wildman–Crippen MR) is 64.6 cm³/mol. The molecule has 1 heterocycles. The largest absolute Gasteiger partial charge is 0.394 e. The van der Waals surface area contributed by atoms with Crippen LogP contribution >= 0.6 is 15.9 Å². The standard InChI is InChI=1S/C11H9BrN2O/c12-9-3-1-2-7(4-9)8-5-10(13)11(15)14-6-8/h1-6H,13H2,(H,14,15). The van der Waals surface area contributed by atoms with Crippen LogP contribution in [0.3, 0.4) is 0 Å². The first-order valence-corrected chi connectivity index (χ1v) is 5.20. The molecule has 2 aromatic rings. The Morgan fingerprint density at radius 3 is 2.67 bits per heavy atom. The second-order valence-corrected chi connectivity index (χ2v) is 4.10. The number of halogens is 1. The lowest BCUT2D eigenvalue weighted by Crippen LogP contribution is -2.10. The molecule has 0 fully saturated rings. The van der Waals surface area contributed by atoms with Gasteiger partial charge in [-0.3, -0.25) is 4.79 Å². The molecule has 1 aromatic carbocycles. The van der Waals surface area contributed by atoms with Crippen LogP contribution in [-0.2, 0) is 0 Å². The molecule has 0 saturated heterocycles. The Labute approximate surface area is 95.1 Å². The Morgan fingerprint density at radius 1 is 1.20 bits per heavy atom. The lowest BCUT2D eigenvalue weighted by molar-refractivity contribution is 1.25. The summed E-state index contributed by atoms with van der Waals surface area (Å²) in [6.07, 6.45) is 1.65. The van der Waals surface area contributed by atoms with E-state index in [1.165, 1.54) is 0 Å². The maximum atomic E-state index is 11.1. The highest BCUT2D eigenvalue weighted by atomic mass is 79.9. The minimum absolute atomic E-state index is 0.229. The summed E-state index contributed by atoms with van der Waals surface area (Å²) >= 11 is 3.39. The lowest BCUT2D eigenvalue weighted by Gasteiger charge is -2.02. The van der Waals surface area contributed by atoms with E-state index in [1.54, 1.807) is 12.3 Å². The molecule has 76 valence electrons. The van der Waals surface area contributed by atoms with Crippen LogP contribution in [0, 0.1) is 0 Å². The van der Waals surface area contributed by atoms with Gasteiger partial charge in [-0.25, -0.2) is 0 Å². The van der Waals surface area contributed by atoms with Gasteiger partial charge in [0.25, 0.3) is 5.56 Å². The molecule has 0 spiro atoms. The van der Waals surface area contributed by atoms with E-state index in [0.29, 0.717) is 0 Å². The number of H-pyrrole nitrogens is 1. The Hall–Kier alpha value is -1.55. The number of nitrogens with one attached hydrogen (secondary N) is 1. The summed E-state index contributed by atoms with van der Waals surface area (Å²) in [4.78, 5) is 13.7. The number of aromatic nitrogens is 1. The Morgan fingerprint density at radius 2 is 2.00 bits per heavy atom. The number of nitrogens with two attached hydrogens (primary N) is 1. The number of benzene rings is 1. The fourth-order valence-electron chi connectivity index (χ4n) is 1.34. The molecule has 0 saturated carbocycles. The third-order valence-corrected chi connectivity index (χ3v) is 2.58. The van der Waals surface area contributed by atoms with Crippen LogP contribution < -0.4 is 11.3 Å². The van der Waals surface area contributed by atoms with Gasteiger partial charge >= 0.3 is 0 Å². The first-order chi connectivity index (χ1) is 7.16. The van der Waals surface area contributed by atoms with Gasteiger partial charge in [0.05, 0.1) is 5.69 Å². The highest BCUT2D eigenvalue weighted by Gasteiger charge is 2.00. The van der Waals surface area contributed by atoms with E-state index < -0.39 is 0 Å². The maximum absolute atomic E-state index is 11.1. The van der Waals surface area contributed by atoms with Gasteiger partial charge in [-0.1, -0.05) is 28.1 Å². The first-order valence-electron chi connectivity index (χ1n) is 4.41. The van der Waals surface area contributed by atoms with Crippen molar-refractivity contribution in [1.29, 1.82) is 0 Å². The van der Waals surface area contributed by atoms with Gasteiger partial charge in [0.15, 0.2) is 0 Å². The number of hydrogen-bond donors (Lipinski definition) is 2. The van der Waals surface area contributed by atoms with Crippen LogP contribution in [0.25, 0.3) is 11.1 Å². The normalized spacial score (nSPS) is 10.2.